The molecule has 0 bridgehead atoms. The van der Waals surface area contributed by atoms with E-state index >= 15 is 0 Å². The first kappa shape index (κ1) is 73.7. The summed E-state index contributed by atoms with van der Waals surface area (Å²) < 4.78 is 74.0. The Morgan fingerprint density at radius 2 is 0.507 bits per heavy atom. The van der Waals surface area contributed by atoms with Gasteiger partial charge in [-0.15, -0.1) is 0 Å². The molecule has 0 spiro atoms. The topological polar surface area (TPSA) is 133 Å². The Balaban J connectivity index is -0.00000124. The Morgan fingerprint density at radius 1 is 0.319 bits per heavy atom. The smallest absolute Gasteiger partial charge is 0.726 e. The molecule has 8 nitrogen and oxygen atoms in total. The van der Waals surface area contributed by atoms with Gasteiger partial charge in [-0.25, -0.2) is 16.8 Å². The molecular weight excluding hydrogens is 929 g/mol. The molecule has 0 aliphatic heterocycles. The molecule has 0 aliphatic carbocycles. The maximum atomic E-state index is 10.8. The van der Waals surface area contributed by atoms with Crippen LogP contribution in [0.4, 0.5) is 0 Å². The third-order valence-corrected chi connectivity index (χ3v) is 14.3. The van der Waals surface area contributed by atoms with E-state index in [-0.39, 0.29) is 62.8 Å². The minimum absolute atomic E-state index is 0. The molecule has 0 aromatic carbocycles. The molecule has 408 valence electrons. The van der Waals surface area contributed by atoms with Gasteiger partial charge in [0.15, 0.2) is 0 Å². The van der Waals surface area contributed by atoms with E-state index in [4.69, 9.17) is 0 Å². The predicted molar refractivity (Wildman–Crippen MR) is 297 cm³/mol. The third-order valence-electron chi connectivity index (χ3n) is 13.5. The van der Waals surface area contributed by atoms with Crippen LogP contribution < -0.4 is 0 Å². The van der Waals surface area contributed by atoms with Gasteiger partial charge in [0.25, 0.3) is 0 Å². The van der Waals surface area contributed by atoms with Gasteiger partial charge in [-0.05, 0) is 38.5 Å². The van der Waals surface area contributed by atoms with Crippen LogP contribution in [0, 0.1) is 11.8 Å². The molecule has 2 unspecified atom stereocenters. The third kappa shape index (κ3) is 68.5. The normalized spacial score (nSPS) is 13.0. The number of hydrogen-bond acceptors (Lipinski definition) is 8. The van der Waals surface area contributed by atoms with Crippen molar-refractivity contribution in [3.63, 3.8) is 0 Å². The van der Waals surface area contributed by atoms with Crippen molar-refractivity contribution in [2.45, 2.75) is 323 Å². The SMILES string of the molecule is CCCCCC/C=C/C(CCCCCCCCCCCCCCCCCCC)COS(=O)(=O)[O-].CCCCCC/C=C/C(CCCCCCCCCCCCCCCCCCC)COS(=O)(=O)[O-].[Ca+2]. The first-order valence-electron chi connectivity index (χ1n) is 29.5. The molecule has 2 atom stereocenters. The Bertz CT molecular complexity index is 1160. The van der Waals surface area contributed by atoms with Crippen LogP contribution in [-0.2, 0) is 29.2 Å². The summed E-state index contributed by atoms with van der Waals surface area (Å²) in [4.78, 5) is 0. The summed E-state index contributed by atoms with van der Waals surface area (Å²) in [5, 5.41) is 0. The summed E-state index contributed by atoms with van der Waals surface area (Å²) in [5.41, 5.74) is 0. The van der Waals surface area contributed by atoms with Crippen LogP contribution in [0.1, 0.15) is 323 Å². The van der Waals surface area contributed by atoms with Gasteiger partial charge in [0, 0.05) is 11.8 Å². The van der Waals surface area contributed by atoms with E-state index in [0.717, 1.165) is 51.4 Å². The number of rotatable bonds is 54. The van der Waals surface area contributed by atoms with Crippen molar-refractivity contribution in [1.29, 1.82) is 0 Å². The first-order valence-corrected chi connectivity index (χ1v) is 32.2. The van der Waals surface area contributed by atoms with Crippen molar-refractivity contribution in [2.75, 3.05) is 13.2 Å². The summed E-state index contributed by atoms with van der Waals surface area (Å²) >= 11 is 0. The fraction of sp³-hybridized carbons (Fsp3) is 0.931. The first-order chi connectivity index (χ1) is 33.0. The molecule has 0 saturated carbocycles. The summed E-state index contributed by atoms with van der Waals surface area (Å²) in [7, 11) is -9.22. The van der Waals surface area contributed by atoms with E-state index in [0.29, 0.717) is 0 Å². The van der Waals surface area contributed by atoms with Crippen molar-refractivity contribution < 1.29 is 34.3 Å². The number of hydrogen-bond donors (Lipinski definition) is 0. The largest absolute Gasteiger partial charge is 2.00 e. The molecule has 11 heteroatoms. The summed E-state index contributed by atoms with van der Waals surface area (Å²) in [6, 6.07) is 0. The van der Waals surface area contributed by atoms with Crippen molar-refractivity contribution >= 4 is 58.5 Å². The molecule has 69 heavy (non-hydrogen) atoms. The molecular formula is C58H114CaO8S2. The molecule has 0 aromatic rings. The van der Waals surface area contributed by atoms with Crippen molar-refractivity contribution in [2.24, 2.45) is 11.8 Å². The van der Waals surface area contributed by atoms with Crippen LogP contribution in [0.25, 0.3) is 0 Å². The molecule has 0 heterocycles. The van der Waals surface area contributed by atoms with Gasteiger partial charge in [0.05, 0.1) is 13.2 Å². The van der Waals surface area contributed by atoms with E-state index in [1.54, 1.807) is 0 Å². The van der Waals surface area contributed by atoms with Gasteiger partial charge in [-0.1, -0.05) is 309 Å². The average Bonchev–Trinajstić information content (AvgIpc) is 3.30. The molecule has 0 saturated heterocycles. The summed E-state index contributed by atoms with van der Waals surface area (Å²) in [6.45, 7) is 8.92. The Kier molecular flexibility index (Phi) is 63.4. The second-order valence-corrected chi connectivity index (χ2v) is 22.5. The van der Waals surface area contributed by atoms with E-state index in [1.807, 2.05) is 0 Å². The van der Waals surface area contributed by atoms with Crippen LogP contribution in [0.15, 0.2) is 24.3 Å². The Hall–Kier alpha value is 0.480. The van der Waals surface area contributed by atoms with Gasteiger partial charge >= 0.3 is 37.7 Å². The molecule has 0 rings (SSSR count). The van der Waals surface area contributed by atoms with Crippen LogP contribution in [0.3, 0.4) is 0 Å². The van der Waals surface area contributed by atoms with Crippen molar-refractivity contribution in [1.82, 2.24) is 0 Å². The van der Waals surface area contributed by atoms with Gasteiger partial charge in [0.2, 0.25) is 20.8 Å². The second kappa shape index (κ2) is 59.4. The maximum absolute atomic E-state index is 10.8. The fourth-order valence-electron chi connectivity index (χ4n) is 9.03. The van der Waals surface area contributed by atoms with Crippen molar-refractivity contribution in [3.05, 3.63) is 24.3 Å². The minimum Gasteiger partial charge on any atom is -0.726 e. The zero-order chi connectivity index (χ0) is 50.3. The Labute approximate surface area is 461 Å². The molecule has 0 radical (unpaired) electrons. The molecule has 0 N–H and O–H groups in total. The second-order valence-electron chi connectivity index (χ2n) is 20.4. The Morgan fingerprint density at radius 3 is 0.710 bits per heavy atom. The van der Waals surface area contributed by atoms with Gasteiger partial charge < -0.3 is 9.11 Å². The van der Waals surface area contributed by atoms with Gasteiger partial charge in [0.1, 0.15) is 0 Å². The van der Waals surface area contributed by atoms with E-state index in [9.17, 15) is 25.9 Å². The molecule has 0 amide bonds. The van der Waals surface area contributed by atoms with E-state index in [2.05, 4.69) is 60.4 Å². The van der Waals surface area contributed by atoms with Crippen LogP contribution in [0.5, 0.6) is 0 Å². The molecule has 0 fully saturated rings. The van der Waals surface area contributed by atoms with E-state index in [1.165, 1.54) is 244 Å². The quantitative estimate of drug-likeness (QED) is 0.0193. The van der Waals surface area contributed by atoms with Crippen LogP contribution in [-0.4, -0.2) is 76.9 Å². The average molecular weight is 1040 g/mol. The monoisotopic (exact) mass is 1040 g/mol. The zero-order valence-corrected chi connectivity index (χ0v) is 50.0. The maximum Gasteiger partial charge on any atom is 2.00 e. The summed E-state index contributed by atoms with van der Waals surface area (Å²) in [5.74, 6) is 0.0393. The van der Waals surface area contributed by atoms with Gasteiger partial charge in [-0.3, -0.25) is 8.37 Å². The standard InChI is InChI=1S/2C29H58O4S.Ca/c2*1-3-5-7-9-11-12-13-14-15-16-17-18-19-20-21-23-25-27-29(28-33-34(30,31)32)26-24-22-10-8-6-4-2;/h2*24,26,29H,3-23,25,27-28H2,1-2H3,(H,30,31,32);/q;;+2/p-2/b2*26-24+;. The zero-order valence-electron chi connectivity index (χ0n) is 46.2. The fourth-order valence-corrected chi connectivity index (χ4v) is 9.71. The van der Waals surface area contributed by atoms with Crippen molar-refractivity contribution in [3.8, 4) is 0 Å². The van der Waals surface area contributed by atoms with E-state index < -0.39 is 20.8 Å². The number of allylic oxidation sites excluding steroid dienone is 2. The number of unbranched alkanes of at least 4 members (excludes halogenated alkanes) is 40. The van der Waals surface area contributed by atoms with Crippen LogP contribution >= 0.6 is 0 Å². The van der Waals surface area contributed by atoms with Crippen LogP contribution in [0.2, 0.25) is 0 Å². The summed E-state index contributed by atoms with van der Waals surface area (Å²) in [6.07, 6.45) is 67.8. The predicted octanol–water partition coefficient (Wildman–Crippen LogP) is 18.9. The molecule has 0 aromatic heterocycles. The van der Waals surface area contributed by atoms with Gasteiger partial charge in [-0.2, -0.15) is 0 Å². The minimum atomic E-state index is -4.61. The molecule has 0 aliphatic rings.